The second-order valence-corrected chi connectivity index (χ2v) is 9.54. The quantitative estimate of drug-likeness (QED) is 0.244. The van der Waals surface area contributed by atoms with Gasteiger partial charge in [0.15, 0.2) is 0 Å². The summed E-state index contributed by atoms with van der Waals surface area (Å²) in [7, 11) is 0. The topological polar surface area (TPSA) is 3.24 Å². The highest BCUT2D eigenvalue weighted by Gasteiger charge is 2.17. The Bertz CT molecular complexity index is 1570. The third-order valence-corrected chi connectivity index (χ3v) is 7.53. The zero-order valence-electron chi connectivity index (χ0n) is 16.6. The van der Waals surface area contributed by atoms with Crippen LogP contribution in [0.4, 0.5) is 17.1 Å². The summed E-state index contributed by atoms with van der Waals surface area (Å²) in [5, 5.41) is 5.10. The molecule has 1 nitrogen and oxygen atoms in total. The smallest absolute Gasteiger partial charge is 0.0603 e. The standard InChI is InChI=1S/C28H18BrNS/c29-25-10-4-5-11-26(25)30(21-14-13-19-7-1-2-8-20(19)17-21)22-15-16-28-24(18-22)23-9-3-6-12-27(23)31-28/h1-18H. The highest BCUT2D eigenvalue weighted by Crippen LogP contribution is 2.42. The van der Waals surface area contributed by atoms with E-state index in [2.05, 4.69) is 130 Å². The summed E-state index contributed by atoms with van der Waals surface area (Å²) >= 11 is 5.63. The van der Waals surface area contributed by atoms with Gasteiger partial charge >= 0.3 is 0 Å². The van der Waals surface area contributed by atoms with Gasteiger partial charge in [-0.2, -0.15) is 0 Å². The van der Waals surface area contributed by atoms with Crippen molar-refractivity contribution in [3.63, 3.8) is 0 Å². The summed E-state index contributed by atoms with van der Waals surface area (Å²) in [4.78, 5) is 2.34. The Morgan fingerprint density at radius 2 is 1.23 bits per heavy atom. The normalized spacial score (nSPS) is 11.4. The van der Waals surface area contributed by atoms with Crippen molar-refractivity contribution >= 4 is 75.3 Å². The van der Waals surface area contributed by atoms with E-state index in [0.717, 1.165) is 21.5 Å². The lowest BCUT2D eigenvalue weighted by Gasteiger charge is -2.27. The molecule has 0 aliphatic rings. The van der Waals surface area contributed by atoms with E-state index in [9.17, 15) is 0 Å². The number of anilines is 3. The molecular weight excluding hydrogens is 462 g/mol. The van der Waals surface area contributed by atoms with Crippen molar-refractivity contribution in [2.75, 3.05) is 4.90 Å². The minimum Gasteiger partial charge on any atom is -0.309 e. The van der Waals surface area contributed by atoms with Crippen LogP contribution in [0.15, 0.2) is 114 Å². The molecule has 0 unspecified atom stereocenters. The van der Waals surface area contributed by atoms with E-state index >= 15 is 0 Å². The zero-order valence-corrected chi connectivity index (χ0v) is 19.0. The zero-order chi connectivity index (χ0) is 20.8. The van der Waals surface area contributed by atoms with Crippen molar-refractivity contribution in [3.8, 4) is 0 Å². The summed E-state index contributed by atoms with van der Waals surface area (Å²) < 4.78 is 3.71. The van der Waals surface area contributed by atoms with Crippen LogP contribution in [0.5, 0.6) is 0 Å². The fraction of sp³-hybridized carbons (Fsp3) is 0. The van der Waals surface area contributed by atoms with E-state index in [1.165, 1.54) is 30.9 Å². The number of nitrogens with zero attached hydrogens (tertiary/aromatic N) is 1. The second-order valence-electron chi connectivity index (χ2n) is 7.60. The van der Waals surface area contributed by atoms with E-state index in [1.54, 1.807) is 0 Å². The lowest BCUT2D eigenvalue weighted by molar-refractivity contribution is 1.28. The first kappa shape index (κ1) is 18.6. The van der Waals surface area contributed by atoms with Crippen LogP contribution in [0, 0.1) is 0 Å². The molecule has 148 valence electrons. The molecule has 0 radical (unpaired) electrons. The number of halogens is 1. The van der Waals surface area contributed by atoms with Crippen LogP contribution in [0.1, 0.15) is 0 Å². The minimum absolute atomic E-state index is 1.07. The summed E-state index contributed by atoms with van der Waals surface area (Å²) in [6.45, 7) is 0. The van der Waals surface area contributed by atoms with Gasteiger partial charge in [0, 0.05) is 36.0 Å². The highest BCUT2D eigenvalue weighted by molar-refractivity contribution is 9.10. The van der Waals surface area contributed by atoms with Crippen molar-refractivity contribution in [3.05, 3.63) is 114 Å². The lowest BCUT2D eigenvalue weighted by atomic mass is 10.1. The molecule has 0 amide bonds. The van der Waals surface area contributed by atoms with Crippen LogP contribution in [-0.2, 0) is 0 Å². The van der Waals surface area contributed by atoms with Crippen LogP contribution < -0.4 is 4.90 Å². The molecule has 0 atom stereocenters. The van der Waals surface area contributed by atoms with Gasteiger partial charge in [0.2, 0.25) is 0 Å². The van der Waals surface area contributed by atoms with Crippen molar-refractivity contribution in [1.82, 2.24) is 0 Å². The van der Waals surface area contributed by atoms with Crippen molar-refractivity contribution in [1.29, 1.82) is 0 Å². The first-order valence-corrected chi connectivity index (χ1v) is 11.8. The van der Waals surface area contributed by atoms with E-state index in [1.807, 2.05) is 11.3 Å². The maximum Gasteiger partial charge on any atom is 0.0603 e. The predicted octanol–water partition coefficient (Wildman–Crippen LogP) is 9.44. The van der Waals surface area contributed by atoms with Crippen LogP contribution in [0.2, 0.25) is 0 Å². The van der Waals surface area contributed by atoms with Crippen molar-refractivity contribution in [2.45, 2.75) is 0 Å². The molecule has 31 heavy (non-hydrogen) atoms. The van der Waals surface area contributed by atoms with Crippen LogP contribution in [0.25, 0.3) is 30.9 Å². The minimum atomic E-state index is 1.07. The molecule has 0 aliphatic heterocycles. The predicted molar refractivity (Wildman–Crippen MR) is 139 cm³/mol. The molecule has 1 heterocycles. The van der Waals surface area contributed by atoms with E-state index in [0.29, 0.717) is 0 Å². The molecule has 1 aromatic heterocycles. The Morgan fingerprint density at radius 1 is 0.548 bits per heavy atom. The third kappa shape index (κ3) is 3.21. The van der Waals surface area contributed by atoms with Crippen LogP contribution in [-0.4, -0.2) is 0 Å². The average Bonchev–Trinajstić information content (AvgIpc) is 3.19. The number of hydrogen-bond acceptors (Lipinski definition) is 2. The Balaban J connectivity index is 1.61. The van der Waals surface area contributed by atoms with Gasteiger partial charge in [0.05, 0.1) is 5.69 Å². The van der Waals surface area contributed by atoms with Gasteiger partial charge in [-0.15, -0.1) is 11.3 Å². The van der Waals surface area contributed by atoms with Gasteiger partial charge in [-0.1, -0.05) is 60.7 Å². The Kier molecular flexibility index (Phi) is 4.52. The molecule has 0 N–H and O–H groups in total. The molecule has 0 aliphatic carbocycles. The summed E-state index contributed by atoms with van der Waals surface area (Å²) in [5.74, 6) is 0. The third-order valence-electron chi connectivity index (χ3n) is 5.70. The molecule has 5 aromatic carbocycles. The molecular formula is C28H18BrNS. The number of benzene rings is 5. The van der Waals surface area contributed by atoms with Crippen molar-refractivity contribution < 1.29 is 0 Å². The molecule has 6 rings (SSSR count). The first-order valence-electron chi connectivity index (χ1n) is 10.2. The molecule has 0 spiro atoms. The highest BCUT2D eigenvalue weighted by atomic mass is 79.9. The molecule has 0 bridgehead atoms. The van der Waals surface area contributed by atoms with E-state index in [4.69, 9.17) is 0 Å². The summed E-state index contributed by atoms with van der Waals surface area (Å²) in [6.07, 6.45) is 0. The lowest BCUT2D eigenvalue weighted by Crippen LogP contribution is -2.10. The fourth-order valence-corrected chi connectivity index (χ4v) is 5.78. The number of thiophene rings is 1. The van der Waals surface area contributed by atoms with Gasteiger partial charge in [-0.3, -0.25) is 0 Å². The molecule has 6 aromatic rings. The summed E-state index contributed by atoms with van der Waals surface area (Å²) in [6, 6.07) is 39.1. The molecule has 3 heteroatoms. The van der Waals surface area contributed by atoms with Gasteiger partial charge in [0.25, 0.3) is 0 Å². The van der Waals surface area contributed by atoms with Gasteiger partial charge in [-0.25, -0.2) is 0 Å². The molecule has 0 saturated carbocycles. The van der Waals surface area contributed by atoms with Gasteiger partial charge < -0.3 is 4.90 Å². The number of rotatable bonds is 3. The molecule has 0 saturated heterocycles. The monoisotopic (exact) mass is 479 g/mol. The molecule has 0 fully saturated rings. The van der Waals surface area contributed by atoms with Crippen LogP contribution >= 0.6 is 27.3 Å². The second kappa shape index (κ2) is 7.52. The number of hydrogen-bond donors (Lipinski definition) is 0. The average molecular weight is 480 g/mol. The van der Waals surface area contributed by atoms with Crippen molar-refractivity contribution in [2.24, 2.45) is 0 Å². The largest absolute Gasteiger partial charge is 0.309 e. The maximum atomic E-state index is 3.78. The maximum absolute atomic E-state index is 3.78. The summed E-state index contributed by atoms with van der Waals surface area (Å²) in [5.41, 5.74) is 3.42. The fourth-order valence-electron chi connectivity index (χ4n) is 4.23. The Labute approximate surface area is 193 Å². The SMILES string of the molecule is Brc1ccccc1N(c1ccc2ccccc2c1)c1ccc2sc3ccccc3c2c1. The van der Waals surface area contributed by atoms with Crippen LogP contribution in [0.3, 0.4) is 0 Å². The first-order chi connectivity index (χ1) is 15.3. The Morgan fingerprint density at radius 3 is 2.13 bits per heavy atom. The van der Waals surface area contributed by atoms with Gasteiger partial charge in [0.1, 0.15) is 0 Å². The van der Waals surface area contributed by atoms with Gasteiger partial charge in [-0.05, 0) is 75.2 Å². The number of fused-ring (bicyclic) bond motifs is 4. The Hall–Kier alpha value is -3.14. The van der Waals surface area contributed by atoms with E-state index < -0.39 is 0 Å². The van der Waals surface area contributed by atoms with E-state index in [-0.39, 0.29) is 0 Å². The number of para-hydroxylation sites is 1.